The largest absolute Gasteiger partial charge is 0.506 e. The highest BCUT2D eigenvalue weighted by molar-refractivity contribution is 7.18. The van der Waals surface area contributed by atoms with Gasteiger partial charge >= 0.3 is 0 Å². The third-order valence-corrected chi connectivity index (χ3v) is 7.92. The number of aromatic hydroxyl groups is 2. The molecular formula is C28H30N6O2S2. The summed E-state index contributed by atoms with van der Waals surface area (Å²) in [5, 5.41) is 32.8. The van der Waals surface area contributed by atoms with E-state index in [2.05, 4.69) is 43.0 Å². The third kappa shape index (κ3) is 6.84. The van der Waals surface area contributed by atoms with Gasteiger partial charge in [-0.2, -0.15) is 0 Å². The predicted molar refractivity (Wildman–Crippen MR) is 158 cm³/mol. The lowest BCUT2D eigenvalue weighted by Gasteiger charge is -2.10. The van der Waals surface area contributed by atoms with Crippen molar-refractivity contribution in [1.29, 1.82) is 0 Å². The van der Waals surface area contributed by atoms with Crippen LogP contribution in [-0.4, -0.2) is 46.0 Å². The Balaban J connectivity index is 0.999. The molecule has 0 saturated heterocycles. The van der Waals surface area contributed by atoms with E-state index in [1.807, 2.05) is 36.4 Å². The highest BCUT2D eigenvalue weighted by atomic mass is 32.1. The number of para-hydroxylation sites is 2. The number of thiazole rings is 2. The van der Waals surface area contributed by atoms with Crippen LogP contribution in [0.3, 0.4) is 0 Å². The number of nitrogens with zero attached hydrogens (tertiary/aromatic N) is 3. The normalized spacial score (nSPS) is 11.7. The van der Waals surface area contributed by atoms with Gasteiger partial charge in [0.2, 0.25) is 0 Å². The van der Waals surface area contributed by atoms with Gasteiger partial charge in [0.15, 0.2) is 0 Å². The maximum absolute atomic E-state index is 10.4. The van der Waals surface area contributed by atoms with Crippen LogP contribution >= 0.6 is 22.7 Å². The smallest absolute Gasteiger partial charge is 0.143 e. The molecular weight excluding hydrogens is 516 g/mol. The van der Waals surface area contributed by atoms with Crippen LogP contribution in [-0.2, 0) is 13.1 Å². The van der Waals surface area contributed by atoms with E-state index in [4.69, 9.17) is 0 Å². The molecule has 10 heteroatoms. The quantitative estimate of drug-likeness (QED) is 0.0549. The van der Waals surface area contributed by atoms with Crippen LogP contribution in [0.1, 0.15) is 22.9 Å². The Labute approximate surface area is 229 Å². The summed E-state index contributed by atoms with van der Waals surface area (Å²) >= 11 is 3.40. The van der Waals surface area contributed by atoms with Crippen molar-refractivity contribution in [3.05, 3.63) is 70.7 Å². The van der Waals surface area contributed by atoms with Crippen LogP contribution in [0.4, 0.5) is 11.4 Å². The van der Waals surface area contributed by atoms with Crippen molar-refractivity contribution in [2.24, 2.45) is 4.99 Å². The predicted octanol–water partition coefficient (Wildman–Crippen LogP) is 5.79. The van der Waals surface area contributed by atoms with Crippen molar-refractivity contribution in [3.63, 3.8) is 0 Å². The molecule has 0 unspecified atom stereocenters. The van der Waals surface area contributed by atoms with Crippen molar-refractivity contribution < 1.29 is 10.2 Å². The van der Waals surface area contributed by atoms with E-state index in [0.717, 1.165) is 47.1 Å². The summed E-state index contributed by atoms with van der Waals surface area (Å²) < 4.78 is 2.39. The van der Waals surface area contributed by atoms with Gasteiger partial charge in [-0.05, 0) is 43.7 Å². The van der Waals surface area contributed by atoms with Crippen LogP contribution in [0.25, 0.3) is 20.4 Å². The van der Waals surface area contributed by atoms with Crippen LogP contribution < -0.4 is 16.0 Å². The Morgan fingerprint density at radius 3 is 2.05 bits per heavy atom. The van der Waals surface area contributed by atoms with Gasteiger partial charge < -0.3 is 26.2 Å². The third-order valence-electron chi connectivity index (χ3n) is 5.85. The fourth-order valence-electron chi connectivity index (χ4n) is 3.96. The van der Waals surface area contributed by atoms with Gasteiger partial charge in [-0.25, -0.2) is 9.97 Å². The molecule has 5 rings (SSSR count). The second kappa shape index (κ2) is 12.8. The minimum atomic E-state index is 0.0259. The fraction of sp³-hybridized carbons (Fsp3) is 0.250. The molecule has 0 spiro atoms. The molecule has 0 atom stereocenters. The minimum absolute atomic E-state index is 0.0259. The Morgan fingerprint density at radius 2 is 1.39 bits per heavy atom. The molecule has 8 nitrogen and oxygen atoms in total. The first-order valence-electron chi connectivity index (χ1n) is 12.6. The zero-order valence-corrected chi connectivity index (χ0v) is 22.5. The Kier molecular flexibility index (Phi) is 8.77. The van der Waals surface area contributed by atoms with E-state index in [-0.39, 0.29) is 11.5 Å². The Morgan fingerprint density at radius 1 is 0.763 bits per heavy atom. The summed E-state index contributed by atoms with van der Waals surface area (Å²) in [5.41, 5.74) is 2.90. The standard InChI is InChI=1S/C28H30N6O2S2/c35-23-16-22(32-14-6-12-30-18-28-34-20-8-2-4-10-26(20)38-28)24(36)15-21(23)31-13-5-11-29-17-27-33-19-7-1-3-9-25(19)37-27/h1-4,7-10,13,15-16,29-30,32,35-36H,5-6,11-12,14,17-18H2. The zero-order valence-electron chi connectivity index (χ0n) is 20.9. The number of hydrogen-bond acceptors (Lipinski definition) is 10. The number of phenols is 2. The van der Waals surface area contributed by atoms with Crippen molar-refractivity contribution in [1.82, 2.24) is 20.6 Å². The number of anilines is 1. The first kappa shape index (κ1) is 26.1. The average Bonchev–Trinajstić information content (AvgIpc) is 3.53. The molecule has 5 N–H and O–H groups in total. The molecule has 5 aromatic rings. The Hall–Kier alpha value is -3.57. The molecule has 3 aromatic carbocycles. The lowest BCUT2D eigenvalue weighted by Crippen LogP contribution is -2.17. The highest BCUT2D eigenvalue weighted by Crippen LogP contribution is 2.36. The van der Waals surface area contributed by atoms with Crippen molar-refractivity contribution in [2.75, 3.05) is 25.0 Å². The van der Waals surface area contributed by atoms with E-state index in [1.54, 1.807) is 28.9 Å². The summed E-state index contributed by atoms with van der Waals surface area (Å²) in [4.78, 5) is 13.6. The number of hydrogen-bond donors (Lipinski definition) is 5. The maximum atomic E-state index is 10.4. The monoisotopic (exact) mass is 546 g/mol. The molecule has 0 saturated carbocycles. The lowest BCUT2D eigenvalue weighted by atomic mass is 10.2. The zero-order chi connectivity index (χ0) is 26.2. The molecule has 2 aromatic heterocycles. The summed E-state index contributed by atoms with van der Waals surface area (Å²) in [6.45, 7) is 3.64. The fourth-order valence-corrected chi connectivity index (χ4v) is 5.83. The van der Waals surface area contributed by atoms with Gasteiger partial charge in [0.05, 0.1) is 26.1 Å². The number of rotatable bonds is 13. The second-order valence-electron chi connectivity index (χ2n) is 8.74. The number of aliphatic imine (C=N–C) groups is 1. The van der Waals surface area contributed by atoms with E-state index >= 15 is 0 Å². The highest BCUT2D eigenvalue weighted by Gasteiger charge is 2.08. The number of phenolic OH excluding ortho intramolecular Hbond substituents is 2. The lowest BCUT2D eigenvalue weighted by molar-refractivity contribution is 0.463. The first-order chi connectivity index (χ1) is 18.7. The molecule has 0 aliphatic carbocycles. The summed E-state index contributed by atoms with van der Waals surface area (Å²) in [6.07, 6.45) is 3.29. The molecule has 0 aliphatic heterocycles. The van der Waals surface area contributed by atoms with Crippen molar-refractivity contribution in [3.8, 4) is 11.5 Å². The van der Waals surface area contributed by atoms with Gasteiger partial charge in [0.25, 0.3) is 0 Å². The maximum Gasteiger partial charge on any atom is 0.143 e. The van der Waals surface area contributed by atoms with Gasteiger partial charge in [0.1, 0.15) is 27.2 Å². The summed E-state index contributed by atoms with van der Waals surface area (Å²) in [7, 11) is 0. The molecule has 38 heavy (non-hydrogen) atoms. The number of aromatic nitrogens is 2. The molecule has 196 valence electrons. The minimum Gasteiger partial charge on any atom is -0.506 e. The van der Waals surface area contributed by atoms with Crippen LogP contribution in [0.5, 0.6) is 11.5 Å². The topological polar surface area (TPSA) is 115 Å². The molecule has 0 fully saturated rings. The van der Waals surface area contributed by atoms with Gasteiger partial charge in [-0.3, -0.25) is 4.99 Å². The van der Waals surface area contributed by atoms with Crippen molar-refractivity contribution >= 4 is 60.7 Å². The van der Waals surface area contributed by atoms with E-state index in [1.165, 1.54) is 21.5 Å². The SMILES string of the molecule is Oc1cc(NCCCNCc2nc3ccccc3s2)c(O)cc1N=CCCNCc1nc2ccccc2s1. The van der Waals surface area contributed by atoms with E-state index in [9.17, 15) is 10.2 Å². The molecule has 0 bridgehead atoms. The number of nitrogens with one attached hydrogen (secondary N) is 3. The Bertz CT molecular complexity index is 1460. The van der Waals surface area contributed by atoms with Gasteiger partial charge in [-0.1, -0.05) is 24.3 Å². The average molecular weight is 547 g/mol. The molecule has 0 aliphatic rings. The van der Waals surface area contributed by atoms with Gasteiger partial charge in [-0.15, -0.1) is 22.7 Å². The van der Waals surface area contributed by atoms with E-state index in [0.29, 0.717) is 30.9 Å². The van der Waals surface area contributed by atoms with Crippen LogP contribution in [0, 0.1) is 0 Å². The van der Waals surface area contributed by atoms with Gasteiger partial charge in [0, 0.05) is 44.5 Å². The molecule has 2 heterocycles. The van der Waals surface area contributed by atoms with E-state index < -0.39 is 0 Å². The first-order valence-corrected chi connectivity index (χ1v) is 14.2. The summed E-state index contributed by atoms with van der Waals surface area (Å²) in [6, 6.07) is 19.3. The summed E-state index contributed by atoms with van der Waals surface area (Å²) in [5.74, 6) is 0.0873. The number of fused-ring (bicyclic) bond motifs is 2. The van der Waals surface area contributed by atoms with Crippen molar-refractivity contribution in [2.45, 2.75) is 25.9 Å². The molecule has 0 radical (unpaired) electrons. The number of benzene rings is 3. The van der Waals surface area contributed by atoms with Crippen LogP contribution in [0.15, 0.2) is 65.7 Å². The molecule has 0 amide bonds. The second-order valence-corrected chi connectivity index (χ2v) is 11.0. The van der Waals surface area contributed by atoms with Crippen LogP contribution in [0.2, 0.25) is 0 Å².